The van der Waals surface area contributed by atoms with Gasteiger partial charge in [-0.15, -0.1) is 0 Å². The van der Waals surface area contributed by atoms with E-state index in [4.69, 9.17) is 5.11 Å². The first-order valence-electron chi connectivity index (χ1n) is 7.00. The molecule has 1 rings (SSSR count). The van der Waals surface area contributed by atoms with Crippen LogP contribution in [0, 0.1) is 18.8 Å². The summed E-state index contributed by atoms with van der Waals surface area (Å²) in [7, 11) is 0. The summed E-state index contributed by atoms with van der Waals surface area (Å²) in [6.07, 6.45) is 0. The van der Waals surface area contributed by atoms with Gasteiger partial charge in [0.05, 0.1) is 5.60 Å². The SMILES string of the molecule is CCN(CC(C)(C)O)C(=O)c1cc(C#CCO)ccc1C. The molecule has 0 fully saturated rings. The summed E-state index contributed by atoms with van der Waals surface area (Å²) in [4.78, 5) is 14.2. The van der Waals surface area contributed by atoms with E-state index in [0.29, 0.717) is 17.7 Å². The summed E-state index contributed by atoms with van der Waals surface area (Å²) < 4.78 is 0. The Hall–Kier alpha value is -1.83. The fourth-order valence-corrected chi connectivity index (χ4v) is 2.04. The highest BCUT2D eigenvalue weighted by Gasteiger charge is 2.23. The molecule has 21 heavy (non-hydrogen) atoms. The van der Waals surface area contributed by atoms with Gasteiger partial charge < -0.3 is 15.1 Å². The molecule has 0 saturated heterocycles. The first-order valence-corrected chi connectivity index (χ1v) is 7.00. The van der Waals surface area contributed by atoms with Crippen LogP contribution in [-0.4, -0.2) is 46.3 Å². The highest BCUT2D eigenvalue weighted by Crippen LogP contribution is 2.15. The van der Waals surface area contributed by atoms with Gasteiger partial charge in [0, 0.05) is 24.2 Å². The van der Waals surface area contributed by atoms with Gasteiger partial charge in [-0.3, -0.25) is 4.79 Å². The zero-order valence-electron chi connectivity index (χ0n) is 13.1. The first-order chi connectivity index (χ1) is 9.78. The van der Waals surface area contributed by atoms with Crippen LogP contribution in [0.1, 0.15) is 42.3 Å². The molecule has 0 atom stereocenters. The van der Waals surface area contributed by atoms with E-state index in [0.717, 1.165) is 5.56 Å². The van der Waals surface area contributed by atoms with Gasteiger partial charge in [-0.25, -0.2) is 0 Å². The summed E-state index contributed by atoms with van der Waals surface area (Å²) in [5.41, 5.74) is 1.19. The number of aliphatic hydroxyl groups excluding tert-OH is 1. The topological polar surface area (TPSA) is 60.8 Å². The molecule has 0 heterocycles. The predicted molar refractivity (Wildman–Crippen MR) is 83.0 cm³/mol. The van der Waals surface area contributed by atoms with Gasteiger partial charge >= 0.3 is 0 Å². The van der Waals surface area contributed by atoms with Gasteiger partial charge in [0.2, 0.25) is 0 Å². The van der Waals surface area contributed by atoms with Crippen LogP contribution in [-0.2, 0) is 0 Å². The first kappa shape index (κ1) is 17.2. The lowest BCUT2D eigenvalue weighted by atomic mass is 10.0. The average Bonchev–Trinajstić information content (AvgIpc) is 2.42. The largest absolute Gasteiger partial charge is 0.389 e. The Morgan fingerprint density at radius 2 is 2.05 bits per heavy atom. The maximum Gasteiger partial charge on any atom is 0.254 e. The van der Waals surface area contributed by atoms with Crippen molar-refractivity contribution >= 4 is 5.91 Å². The van der Waals surface area contributed by atoms with E-state index in [-0.39, 0.29) is 19.1 Å². The van der Waals surface area contributed by atoms with Gasteiger partial charge in [0.25, 0.3) is 5.91 Å². The molecule has 114 valence electrons. The van der Waals surface area contributed by atoms with E-state index in [1.165, 1.54) is 0 Å². The zero-order valence-corrected chi connectivity index (χ0v) is 13.1. The van der Waals surface area contributed by atoms with Crippen molar-refractivity contribution in [3.05, 3.63) is 34.9 Å². The number of nitrogens with zero attached hydrogens (tertiary/aromatic N) is 1. The Balaban J connectivity index is 3.09. The Bertz CT molecular complexity index is 562. The smallest absolute Gasteiger partial charge is 0.254 e. The van der Waals surface area contributed by atoms with Gasteiger partial charge in [-0.1, -0.05) is 17.9 Å². The molecule has 0 aliphatic carbocycles. The molecular formula is C17H23NO3. The van der Waals surface area contributed by atoms with E-state index < -0.39 is 5.60 Å². The van der Waals surface area contributed by atoms with Crippen molar-refractivity contribution < 1.29 is 15.0 Å². The fourth-order valence-electron chi connectivity index (χ4n) is 2.04. The molecule has 0 aliphatic heterocycles. The highest BCUT2D eigenvalue weighted by molar-refractivity contribution is 5.96. The van der Waals surface area contributed by atoms with Gasteiger partial charge in [0.1, 0.15) is 6.61 Å². The number of amides is 1. The molecular weight excluding hydrogens is 266 g/mol. The third kappa shape index (κ3) is 5.22. The van der Waals surface area contributed by atoms with Gasteiger partial charge in [-0.2, -0.15) is 0 Å². The number of rotatable bonds is 4. The molecule has 2 N–H and O–H groups in total. The van der Waals surface area contributed by atoms with Crippen LogP contribution in [0.2, 0.25) is 0 Å². The summed E-state index contributed by atoms with van der Waals surface area (Å²) in [5, 5.41) is 18.6. The van der Waals surface area contributed by atoms with Crippen molar-refractivity contribution in [1.82, 2.24) is 4.90 Å². The molecule has 0 bridgehead atoms. The number of hydrogen-bond acceptors (Lipinski definition) is 3. The second-order valence-corrected chi connectivity index (χ2v) is 5.62. The lowest BCUT2D eigenvalue weighted by Gasteiger charge is -2.28. The summed E-state index contributed by atoms with van der Waals surface area (Å²) >= 11 is 0. The van der Waals surface area contributed by atoms with Gasteiger partial charge in [-0.05, 0) is 45.4 Å². The van der Waals surface area contributed by atoms with Crippen LogP contribution in [0.4, 0.5) is 0 Å². The lowest BCUT2D eigenvalue weighted by molar-refractivity contribution is 0.0314. The number of aliphatic hydroxyl groups is 2. The average molecular weight is 289 g/mol. The third-order valence-corrected chi connectivity index (χ3v) is 3.03. The number of likely N-dealkylation sites (N-methyl/N-ethyl adjacent to an activating group) is 1. The second kappa shape index (κ2) is 7.26. The van der Waals surface area contributed by atoms with Crippen LogP contribution < -0.4 is 0 Å². The van der Waals surface area contributed by atoms with Crippen LogP contribution in [0.5, 0.6) is 0 Å². The molecule has 1 amide bonds. The van der Waals surface area contributed by atoms with Crippen molar-refractivity contribution in [3.63, 3.8) is 0 Å². The predicted octanol–water partition coefficient (Wildman–Crippen LogP) is 1.57. The van der Waals surface area contributed by atoms with Crippen LogP contribution in [0.15, 0.2) is 18.2 Å². The van der Waals surface area contributed by atoms with Crippen molar-refractivity contribution in [2.75, 3.05) is 19.7 Å². The molecule has 0 aromatic heterocycles. The normalized spacial score (nSPS) is 10.8. The quantitative estimate of drug-likeness (QED) is 0.827. The summed E-state index contributed by atoms with van der Waals surface area (Å²) in [6, 6.07) is 5.39. The Morgan fingerprint density at radius 3 is 2.57 bits per heavy atom. The molecule has 0 radical (unpaired) electrons. The molecule has 0 aliphatic rings. The lowest BCUT2D eigenvalue weighted by Crippen LogP contribution is -2.42. The van der Waals surface area contributed by atoms with E-state index in [1.54, 1.807) is 24.8 Å². The van der Waals surface area contributed by atoms with E-state index >= 15 is 0 Å². The minimum absolute atomic E-state index is 0.121. The second-order valence-electron chi connectivity index (χ2n) is 5.62. The number of benzene rings is 1. The Labute approximate surface area is 126 Å². The minimum Gasteiger partial charge on any atom is -0.389 e. The zero-order chi connectivity index (χ0) is 16.0. The maximum atomic E-state index is 12.6. The number of hydrogen-bond donors (Lipinski definition) is 2. The molecule has 0 unspecified atom stereocenters. The third-order valence-electron chi connectivity index (χ3n) is 3.03. The van der Waals surface area contributed by atoms with E-state index in [1.807, 2.05) is 26.0 Å². The van der Waals surface area contributed by atoms with Gasteiger partial charge in [0.15, 0.2) is 0 Å². The fraction of sp³-hybridized carbons (Fsp3) is 0.471. The molecule has 1 aromatic rings. The number of carbonyl (C=O) groups is 1. The maximum absolute atomic E-state index is 12.6. The van der Waals surface area contributed by atoms with E-state index in [9.17, 15) is 9.90 Å². The highest BCUT2D eigenvalue weighted by atomic mass is 16.3. The molecule has 1 aromatic carbocycles. The van der Waals surface area contributed by atoms with Crippen LogP contribution in [0.3, 0.4) is 0 Å². The minimum atomic E-state index is -0.937. The number of carbonyl (C=O) groups excluding carboxylic acids is 1. The molecule has 0 spiro atoms. The summed E-state index contributed by atoms with van der Waals surface area (Å²) in [5.74, 6) is 5.25. The standard InChI is InChI=1S/C17H23NO3/c1-5-18(12-17(3,4)21)16(20)15-11-14(7-6-10-19)9-8-13(15)2/h8-9,11,19,21H,5,10,12H2,1-4H3. The number of aryl methyl sites for hydroxylation is 1. The van der Waals surface area contributed by atoms with Crippen LogP contribution >= 0.6 is 0 Å². The van der Waals surface area contributed by atoms with Crippen molar-refractivity contribution in [3.8, 4) is 11.8 Å². The monoisotopic (exact) mass is 289 g/mol. The van der Waals surface area contributed by atoms with E-state index in [2.05, 4.69) is 11.8 Å². The van der Waals surface area contributed by atoms with Crippen molar-refractivity contribution in [1.29, 1.82) is 0 Å². The van der Waals surface area contributed by atoms with Crippen LogP contribution in [0.25, 0.3) is 0 Å². The van der Waals surface area contributed by atoms with Crippen molar-refractivity contribution in [2.24, 2.45) is 0 Å². The molecule has 0 saturated carbocycles. The molecule has 4 nitrogen and oxygen atoms in total. The Kier molecular flexibility index (Phi) is 5.95. The Morgan fingerprint density at radius 1 is 1.38 bits per heavy atom. The molecule has 4 heteroatoms. The summed E-state index contributed by atoms with van der Waals surface area (Å²) in [6.45, 7) is 7.70. The van der Waals surface area contributed by atoms with Crippen molar-refractivity contribution in [2.45, 2.75) is 33.3 Å².